The van der Waals surface area contributed by atoms with Gasteiger partial charge in [-0.25, -0.2) is 17.6 Å². The highest BCUT2D eigenvalue weighted by atomic mass is 19.4. The van der Waals surface area contributed by atoms with Gasteiger partial charge < -0.3 is 0 Å². The molecule has 0 aromatic heterocycles. The summed E-state index contributed by atoms with van der Waals surface area (Å²) in [5.74, 6) is -3.76. The number of allylic oxidation sites excluding steroid dienone is 3. The van der Waals surface area contributed by atoms with Crippen LogP contribution in [0, 0.1) is 29.2 Å². The minimum Gasteiger partial charge on any atom is -0.206 e. The third kappa shape index (κ3) is 7.20. The summed E-state index contributed by atoms with van der Waals surface area (Å²) in [4.78, 5) is 0. The number of hydrogen-bond acceptors (Lipinski definition) is 0. The smallest absolute Gasteiger partial charge is 0.206 e. The van der Waals surface area contributed by atoms with E-state index < -0.39 is 46.1 Å². The molecular formula is C32H29F7. The molecule has 3 aromatic carbocycles. The summed E-state index contributed by atoms with van der Waals surface area (Å²) < 4.78 is 95.9. The predicted molar refractivity (Wildman–Crippen MR) is 141 cm³/mol. The van der Waals surface area contributed by atoms with Gasteiger partial charge in [0.2, 0.25) is 0 Å². The zero-order chi connectivity index (χ0) is 28.2. The largest absolute Gasteiger partial charge is 0.409 e. The van der Waals surface area contributed by atoms with E-state index in [0.29, 0.717) is 29.5 Å². The van der Waals surface area contributed by atoms with Crippen molar-refractivity contribution in [1.82, 2.24) is 0 Å². The molecule has 4 rings (SSSR count). The molecule has 3 aromatic rings. The van der Waals surface area contributed by atoms with E-state index in [1.165, 1.54) is 5.56 Å². The van der Waals surface area contributed by atoms with Crippen LogP contribution in [0.1, 0.15) is 62.5 Å². The summed E-state index contributed by atoms with van der Waals surface area (Å²) in [6.07, 6.45) is 6.42. The fourth-order valence-corrected chi connectivity index (χ4v) is 5.13. The van der Waals surface area contributed by atoms with Crippen molar-refractivity contribution in [1.29, 1.82) is 0 Å². The molecule has 1 saturated carbocycles. The van der Waals surface area contributed by atoms with E-state index in [1.807, 2.05) is 12.1 Å². The molecule has 0 heterocycles. The first-order valence-electron chi connectivity index (χ1n) is 13.1. The first-order chi connectivity index (χ1) is 18.6. The van der Waals surface area contributed by atoms with Crippen LogP contribution in [0.4, 0.5) is 30.7 Å². The molecule has 1 aliphatic rings. The zero-order valence-corrected chi connectivity index (χ0v) is 21.5. The van der Waals surface area contributed by atoms with Crippen LogP contribution in [0.2, 0.25) is 0 Å². The highest BCUT2D eigenvalue weighted by Gasteiger charge is 2.24. The molecule has 0 aliphatic heterocycles. The van der Waals surface area contributed by atoms with E-state index in [2.05, 4.69) is 19.1 Å². The fraction of sp³-hybridized carbons (Fsp3) is 0.312. The zero-order valence-electron chi connectivity index (χ0n) is 21.5. The van der Waals surface area contributed by atoms with Crippen LogP contribution in [0.25, 0.3) is 28.3 Å². The third-order valence-corrected chi connectivity index (χ3v) is 7.20. The number of alkyl halides is 3. The molecule has 7 heteroatoms. The molecule has 1 aliphatic carbocycles. The van der Waals surface area contributed by atoms with Crippen molar-refractivity contribution in [3.05, 3.63) is 101 Å². The van der Waals surface area contributed by atoms with Crippen LogP contribution in [0.15, 0.2) is 66.8 Å². The average molecular weight is 547 g/mol. The van der Waals surface area contributed by atoms with Crippen LogP contribution in [-0.2, 0) is 0 Å². The van der Waals surface area contributed by atoms with Crippen molar-refractivity contribution in [3.8, 4) is 22.3 Å². The van der Waals surface area contributed by atoms with E-state index >= 15 is 8.78 Å². The van der Waals surface area contributed by atoms with E-state index in [4.69, 9.17) is 0 Å². The molecule has 0 radical (unpaired) electrons. The number of unbranched alkanes of at least 4 members (excludes halogenated alkanes) is 1. The first-order valence-corrected chi connectivity index (χ1v) is 13.1. The normalized spacial score (nSPS) is 18.4. The summed E-state index contributed by atoms with van der Waals surface area (Å²) in [7, 11) is 0. The van der Waals surface area contributed by atoms with Gasteiger partial charge in [0.1, 0.15) is 23.3 Å². The van der Waals surface area contributed by atoms with Gasteiger partial charge in [-0.3, -0.25) is 0 Å². The van der Waals surface area contributed by atoms with Crippen LogP contribution < -0.4 is 0 Å². The van der Waals surface area contributed by atoms with E-state index in [-0.39, 0.29) is 17.7 Å². The van der Waals surface area contributed by atoms with Crippen LogP contribution in [-0.4, -0.2) is 6.18 Å². The van der Waals surface area contributed by atoms with Gasteiger partial charge in [0.05, 0.1) is 5.56 Å². The Kier molecular flexibility index (Phi) is 8.98. The van der Waals surface area contributed by atoms with Gasteiger partial charge in [0.15, 0.2) is 0 Å². The van der Waals surface area contributed by atoms with Gasteiger partial charge in [-0.2, -0.15) is 13.2 Å². The Labute approximate surface area is 223 Å². The SMILES string of the molecule is CCC/C=C/C1CCC(c2ccc(-c3cc(F)c(-c4cc(F)c(/C=C/C(F)(F)F)c(F)c4)c(F)c3)cc2)CC1. The second kappa shape index (κ2) is 12.2. The summed E-state index contributed by atoms with van der Waals surface area (Å²) in [5, 5.41) is 0. The number of hydrogen-bond donors (Lipinski definition) is 0. The van der Waals surface area contributed by atoms with Gasteiger partial charge in [0, 0.05) is 11.6 Å². The number of rotatable bonds is 7. The molecule has 0 amide bonds. The molecule has 0 unspecified atom stereocenters. The minimum atomic E-state index is -4.77. The molecule has 0 saturated heterocycles. The van der Waals surface area contributed by atoms with Crippen molar-refractivity contribution in [2.45, 2.75) is 57.5 Å². The van der Waals surface area contributed by atoms with Gasteiger partial charge in [0.25, 0.3) is 0 Å². The lowest BCUT2D eigenvalue weighted by Crippen LogP contribution is -2.11. The molecule has 0 bridgehead atoms. The second-order valence-electron chi connectivity index (χ2n) is 9.99. The lowest BCUT2D eigenvalue weighted by atomic mass is 9.78. The average Bonchev–Trinajstić information content (AvgIpc) is 2.88. The van der Waals surface area contributed by atoms with Crippen LogP contribution in [0.3, 0.4) is 0 Å². The Morgan fingerprint density at radius 1 is 0.744 bits per heavy atom. The Hall–Kier alpha value is -3.35. The van der Waals surface area contributed by atoms with Crippen molar-refractivity contribution in [2.75, 3.05) is 0 Å². The van der Waals surface area contributed by atoms with Gasteiger partial charge in [-0.15, -0.1) is 0 Å². The Balaban J connectivity index is 1.51. The highest BCUT2D eigenvalue weighted by molar-refractivity contribution is 5.73. The number of halogens is 7. The Morgan fingerprint density at radius 2 is 1.31 bits per heavy atom. The fourth-order valence-electron chi connectivity index (χ4n) is 5.13. The highest BCUT2D eigenvalue weighted by Crippen LogP contribution is 2.38. The summed E-state index contributed by atoms with van der Waals surface area (Å²) in [6, 6.07) is 10.9. The summed E-state index contributed by atoms with van der Waals surface area (Å²) in [6.45, 7) is 2.16. The molecule has 0 atom stereocenters. The molecule has 0 N–H and O–H groups in total. The Morgan fingerprint density at radius 3 is 1.85 bits per heavy atom. The maximum absolute atomic E-state index is 15.0. The van der Waals surface area contributed by atoms with Crippen molar-refractivity contribution >= 4 is 6.08 Å². The quantitative estimate of drug-likeness (QED) is 0.204. The minimum absolute atomic E-state index is 0.240. The molecular weight excluding hydrogens is 517 g/mol. The molecule has 0 nitrogen and oxygen atoms in total. The van der Waals surface area contributed by atoms with Crippen molar-refractivity contribution in [2.24, 2.45) is 5.92 Å². The molecule has 1 fully saturated rings. The molecule has 0 spiro atoms. The second-order valence-corrected chi connectivity index (χ2v) is 9.99. The maximum Gasteiger partial charge on any atom is 0.409 e. The lowest BCUT2D eigenvalue weighted by molar-refractivity contribution is -0.0790. The summed E-state index contributed by atoms with van der Waals surface area (Å²) in [5.41, 5.74) is -0.0385. The molecule has 39 heavy (non-hydrogen) atoms. The monoisotopic (exact) mass is 546 g/mol. The first kappa shape index (κ1) is 28.7. The van der Waals surface area contributed by atoms with Gasteiger partial charge in [-0.05, 0) is 96.5 Å². The number of benzene rings is 3. The van der Waals surface area contributed by atoms with E-state index in [9.17, 15) is 22.0 Å². The summed E-state index contributed by atoms with van der Waals surface area (Å²) >= 11 is 0. The van der Waals surface area contributed by atoms with Crippen molar-refractivity contribution < 1.29 is 30.7 Å². The third-order valence-electron chi connectivity index (χ3n) is 7.20. The van der Waals surface area contributed by atoms with Crippen molar-refractivity contribution in [3.63, 3.8) is 0 Å². The Bertz CT molecular complexity index is 1300. The van der Waals surface area contributed by atoms with Crippen LogP contribution in [0.5, 0.6) is 0 Å². The van der Waals surface area contributed by atoms with Gasteiger partial charge >= 0.3 is 6.18 Å². The van der Waals surface area contributed by atoms with Gasteiger partial charge in [-0.1, -0.05) is 49.8 Å². The molecule has 206 valence electrons. The maximum atomic E-state index is 15.0. The van der Waals surface area contributed by atoms with E-state index in [1.54, 1.807) is 12.1 Å². The topological polar surface area (TPSA) is 0 Å². The van der Waals surface area contributed by atoms with Crippen LogP contribution >= 0.6 is 0 Å². The standard InChI is InChI=1S/C32H29F7/c1-2-3-4-5-20-6-8-21(9-7-20)22-10-12-23(13-11-22)24-16-29(35)31(30(36)17-24)25-18-27(33)26(28(34)19-25)14-15-32(37,38)39/h4-5,10-21H,2-3,6-9H2,1H3/b5-4+,15-14+. The predicted octanol–water partition coefficient (Wildman–Crippen LogP) is 10.8. The van der Waals surface area contributed by atoms with E-state index in [0.717, 1.165) is 50.7 Å². The lowest BCUT2D eigenvalue weighted by Gasteiger charge is -2.27.